The third-order valence-electron chi connectivity index (χ3n) is 6.12. The van der Waals surface area contributed by atoms with Crippen LogP contribution in [-0.2, 0) is 9.53 Å². The summed E-state index contributed by atoms with van der Waals surface area (Å²) < 4.78 is 8.58. The van der Waals surface area contributed by atoms with Crippen molar-refractivity contribution in [3.05, 3.63) is 30.4 Å². The molecule has 2 aliphatic rings. The number of aliphatic carboxylic acids is 1. The van der Waals surface area contributed by atoms with Gasteiger partial charge < -0.3 is 30.5 Å². The summed E-state index contributed by atoms with van der Waals surface area (Å²) in [5.74, 6) is -0.372. The first-order valence-corrected chi connectivity index (χ1v) is 11.0. The molecule has 13 heteroatoms. The maximum absolute atomic E-state index is 10.8. The monoisotopic (exact) mass is 471 g/mol. The minimum absolute atomic E-state index is 0.205. The van der Waals surface area contributed by atoms with Gasteiger partial charge in [-0.25, -0.2) is 14.5 Å². The van der Waals surface area contributed by atoms with E-state index in [0.717, 1.165) is 31.8 Å². The fourth-order valence-electron chi connectivity index (χ4n) is 4.37. The van der Waals surface area contributed by atoms with Crippen LogP contribution >= 0.6 is 0 Å². The highest BCUT2D eigenvalue weighted by molar-refractivity contribution is 5.85. The number of carbonyl (C=O) groups is 1. The van der Waals surface area contributed by atoms with Gasteiger partial charge in [0.25, 0.3) is 5.95 Å². The average Bonchev–Trinajstić information content (AvgIpc) is 3.61. The molecule has 0 bridgehead atoms. The zero-order valence-corrected chi connectivity index (χ0v) is 18.1. The van der Waals surface area contributed by atoms with E-state index in [2.05, 4.69) is 25.4 Å². The number of nitrogens with one attached hydrogen (secondary N) is 1. The second-order valence-electron chi connectivity index (χ2n) is 8.44. The molecule has 0 amide bonds. The second kappa shape index (κ2) is 9.10. The van der Waals surface area contributed by atoms with Crippen molar-refractivity contribution in [2.24, 2.45) is 0 Å². The molecule has 0 radical (unpaired) electrons. The van der Waals surface area contributed by atoms with E-state index in [1.54, 1.807) is 6.20 Å². The first-order chi connectivity index (χ1) is 16.4. The minimum atomic E-state index is -1.29. The summed E-state index contributed by atoms with van der Waals surface area (Å²) in [5.41, 5.74) is 1.36. The largest absolute Gasteiger partial charge is 0.478 e. The minimum Gasteiger partial charge on any atom is -0.478 e. The quantitative estimate of drug-likeness (QED) is 0.294. The van der Waals surface area contributed by atoms with E-state index in [1.165, 1.54) is 27.8 Å². The summed E-state index contributed by atoms with van der Waals surface area (Å²) in [4.78, 5) is 24.4. The van der Waals surface area contributed by atoms with Crippen LogP contribution in [0.5, 0.6) is 0 Å². The molecule has 0 unspecified atom stereocenters. The Morgan fingerprint density at radius 3 is 2.74 bits per heavy atom. The van der Waals surface area contributed by atoms with Gasteiger partial charge in [-0.3, -0.25) is 4.57 Å². The van der Waals surface area contributed by atoms with Crippen molar-refractivity contribution in [3.63, 3.8) is 0 Å². The highest BCUT2D eigenvalue weighted by Crippen LogP contribution is 2.33. The van der Waals surface area contributed by atoms with Gasteiger partial charge >= 0.3 is 5.97 Å². The van der Waals surface area contributed by atoms with Crippen LogP contribution in [0.2, 0.25) is 0 Å². The average molecular weight is 471 g/mol. The van der Waals surface area contributed by atoms with Crippen LogP contribution in [-0.4, -0.2) is 86.7 Å². The number of anilines is 1. The van der Waals surface area contributed by atoms with Gasteiger partial charge in [-0.1, -0.05) is 12.8 Å². The normalized spacial score (nSPS) is 25.6. The lowest BCUT2D eigenvalue weighted by Gasteiger charge is -2.18. The zero-order valence-electron chi connectivity index (χ0n) is 18.1. The molecule has 0 spiro atoms. The summed E-state index contributed by atoms with van der Waals surface area (Å²) in [6, 6.07) is 0.233. The van der Waals surface area contributed by atoms with Crippen molar-refractivity contribution < 1.29 is 30.0 Å². The molecule has 5 rings (SSSR count). The molecule has 5 N–H and O–H groups in total. The highest BCUT2D eigenvalue weighted by atomic mass is 16.6. The fourth-order valence-corrected chi connectivity index (χ4v) is 4.37. The number of aromatic nitrogens is 6. The van der Waals surface area contributed by atoms with Crippen molar-refractivity contribution in [1.82, 2.24) is 29.3 Å². The molecule has 1 saturated carbocycles. The predicted octanol–water partition coefficient (Wildman–Crippen LogP) is 0.0758. The van der Waals surface area contributed by atoms with E-state index in [-0.39, 0.29) is 12.0 Å². The lowest BCUT2D eigenvalue weighted by molar-refractivity contribution is -0.131. The summed E-state index contributed by atoms with van der Waals surface area (Å²) in [7, 11) is 0. The molecule has 4 atom stereocenters. The van der Waals surface area contributed by atoms with Crippen LogP contribution in [0.15, 0.2) is 24.8 Å². The number of carboxylic acid groups (broad SMARTS) is 1. The number of imidazole rings is 1. The Labute approximate surface area is 193 Å². The number of carboxylic acids is 1. The molecule has 13 nitrogen and oxygen atoms in total. The van der Waals surface area contributed by atoms with Gasteiger partial charge in [0.05, 0.1) is 19.1 Å². The number of aliphatic hydroxyl groups excluding tert-OH is 3. The van der Waals surface area contributed by atoms with E-state index in [1.807, 2.05) is 0 Å². The molecule has 1 aliphatic heterocycles. The molecule has 2 fully saturated rings. The van der Waals surface area contributed by atoms with Crippen LogP contribution in [0.25, 0.3) is 23.2 Å². The first kappa shape index (κ1) is 22.4. The lowest BCUT2D eigenvalue weighted by atomic mass is 10.1. The third-order valence-corrected chi connectivity index (χ3v) is 6.12. The number of nitrogens with zero attached hydrogens (tertiary/aromatic N) is 6. The Bertz CT molecular complexity index is 1220. The number of rotatable bonds is 7. The van der Waals surface area contributed by atoms with Crippen molar-refractivity contribution in [2.75, 3.05) is 11.9 Å². The Kier molecular flexibility index (Phi) is 6.00. The standard InChI is InChI=1S/C21H25N7O6/c29-9-13-16(32)17(33)20(34-13)27-10-22-15-18(24-12-3-1-2-4-12)25-21(26-19(15)27)28-8-11(7-23-28)5-6-14(30)31/h5-8,10,12-13,16-17,20,29,32-33H,1-4,9H2,(H,30,31)(H,24,25,26)/b6-5+/t13-,16-,17-,20-/m1/s1. The Hall–Kier alpha value is -3.39. The molecule has 180 valence electrons. The number of fused-ring (bicyclic) bond motifs is 1. The topological polar surface area (TPSA) is 181 Å². The summed E-state index contributed by atoms with van der Waals surface area (Å²) in [5, 5.41) is 46.7. The SMILES string of the molecule is O=C(O)/C=C/c1cnn(-c2nc(NC3CCCC3)c3ncn([C@@H]4O[C@H](CO)[C@@H](O)[C@H]4O)c3n2)c1. The van der Waals surface area contributed by atoms with Crippen LogP contribution in [0, 0.1) is 0 Å². The van der Waals surface area contributed by atoms with Gasteiger partial charge in [0.1, 0.15) is 18.3 Å². The summed E-state index contributed by atoms with van der Waals surface area (Å²) >= 11 is 0. The van der Waals surface area contributed by atoms with Crippen molar-refractivity contribution in [2.45, 2.75) is 56.3 Å². The van der Waals surface area contributed by atoms with E-state index in [9.17, 15) is 20.1 Å². The van der Waals surface area contributed by atoms with Gasteiger partial charge in [0, 0.05) is 23.9 Å². The zero-order chi connectivity index (χ0) is 23.8. The summed E-state index contributed by atoms with van der Waals surface area (Å²) in [6.07, 6.45) is 6.68. The maximum Gasteiger partial charge on any atom is 0.328 e. The van der Waals surface area contributed by atoms with Gasteiger partial charge in [0.15, 0.2) is 23.2 Å². The Balaban J connectivity index is 1.57. The molecule has 4 heterocycles. The Morgan fingerprint density at radius 1 is 1.24 bits per heavy atom. The van der Waals surface area contributed by atoms with Crippen molar-refractivity contribution in [1.29, 1.82) is 0 Å². The number of hydrogen-bond acceptors (Lipinski definition) is 10. The number of ether oxygens (including phenoxy) is 1. The van der Waals surface area contributed by atoms with Gasteiger partial charge in [-0.05, 0) is 18.9 Å². The van der Waals surface area contributed by atoms with Crippen LogP contribution < -0.4 is 5.32 Å². The van der Waals surface area contributed by atoms with Crippen molar-refractivity contribution >= 4 is 29.0 Å². The Morgan fingerprint density at radius 2 is 2.03 bits per heavy atom. The molecule has 0 aromatic carbocycles. The van der Waals surface area contributed by atoms with Crippen LogP contribution in [0.3, 0.4) is 0 Å². The predicted molar refractivity (Wildman–Crippen MR) is 118 cm³/mol. The number of hydrogen-bond donors (Lipinski definition) is 5. The molecule has 1 saturated heterocycles. The molecule has 34 heavy (non-hydrogen) atoms. The molecular weight excluding hydrogens is 446 g/mol. The molecular formula is C21H25N7O6. The van der Waals surface area contributed by atoms with E-state index in [0.29, 0.717) is 22.5 Å². The summed E-state index contributed by atoms with van der Waals surface area (Å²) in [6.45, 7) is -0.448. The van der Waals surface area contributed by atoms with Crippen molar-refractivity contribution in [3.8, 4) is 5.95 Å². The first-order valence-electron chi connectivity index (χ1n) is 11.0. The lowest BCUT2D eigenvalue weighted by Crippen LogP contribution is -2.33. The van der Waals surface area contributed by atoms with E-state index < -0.39 is 37.1 Å². The third kappa shape index (κ3) is 4.14. The fraction of sp³-hybridized carbons (Fsp3) is 0.476. The van der Waals surface area contributed by atoms with Gasteiger partial charge in [0.2, 0.25) is 0 Å². The second-order valence-corrected chi connectivity index (χ2v) is 8.44. The van der Waals surface area contributed by atoms with Gasteiger partial charge in [-0.2, -0.15) is 15.1 Å². The van der Waals surface area contributed by atoms with Gasteiger partial charge in [-0.15, -0.1) is 0 Å². The van der Waals surface area contributed by atoms with E-state index >= 15 is 0 Å². The molecule has 1 aliphatic carbocycles. The molecule has 3 aromatic rings. The maximum atomic E-state index is 10.8. The van der Waals surface area contributed by atoms with Crippen LogP contribution in [0.1, 0.15) is 37.5 Å². The van der Waals surface area contributed by atoms with E-state index in [4.69, 9.17) is 9.84 Å². The van der Waals surface area contributed by atoms with Crippen LogP contribution in [0.4, 0.5) is 5.82 Å². The highest BCUT2D eigenvalue weighted by Gasteiger charge is 2.44. The number of aliphatic hydroxyl groups is 3. The smallest absolute Gasteiger partial charge is 0.328 e. The molecule has 3 aromatic heterocycles.